The van der Waals surface area contributed by atoms with Crippen LogP contribution in [-0.2, 0) is 7.05 Å². The van der Waals surface area contributed by atoms with Crippen LogP contribution in [0.3, 0.4) is 0 Å². The molecule has 3 aromatic carbocycles. The van der Waals surface area contributed by atoms with Crippen molar-refractivity contribution in [1.29, 1.82) is 0 Å². The highest BCUT2D eigenvalue weighted by Gasteiger charge is 2.41. The van der Waals surface area contributed by atoms with Gasteiger partial charge in [0.15, 0.2) is 5.58 Å². The second-order valence-electron chi connectivity index (χ2n) is 7.06. The van der Waals surface area contributed by atoms with Crippen LogP contribution in [0.15, 0.2) is 45.3 Å². The number of nitrogens with zero attached hydrogens (tertiary/aromatic N) is 2. The number of benzene rings is 3. The topological polar surface area (TPSA) is 75.7 Å². The van der Waals surface area contributed by atoms with Gasteiger partial charge in [-0.2, -0.15) is 0 Å². The van der Waals surface area contributed by atoms with Gasteiger partial charge in [-0.25, -0.2) is 4.39 Å². The van der Waals surface area contributed by atoms with Gasteiger partial charge in [0.2, 0.25) is 0 Å². The quantitative estimate of drug-likeness (QED) is 0.261. The lowest BCUT2D eigenvalue weighted by molar-refractivity contribution is -0.0325. The van der Waals surface area contributed by atoms with E-state index >= 15 is 0 Å². The molecule has 0 fully saturated rings. The molecule has 1 N–H and O–H groups in total. The minimum absolute atomic E-state index is 0.0248. The summed E-state index contributed by atoms with van der Waals surface area (Å²) in [5.41, 5.74) is 2.29. The van der Waals surface area contributed by atoms with E-state index in [9.17, 15) is 19.2 Å². The SMILES string of the molecule is Cn1c2ccc(Br)cc2c2c3c(c4c5cc(F)ccc5oc4c21)C(=O)N(O)C3=O. The van der Waals surface area contributed by atoms with Gasteiger partial charge in [0.05, 0.1) is 16.6 Å². The molecule has 0 bridgehead atoms. The van der Waals surface area contributed by atoms with E-state index in [1.807, 2.05) is 29.8 Å². The van der Waals surface area contributed by atoms with Gasteiger partial charge in [0.1, 0.15) is 11.4 Å². The summed E-state index contributed by atoms with van der Waals surface area (Å²) < 4.78 is 22.7. The molecule has 0 unspecified atom stereocenters. The van der Waals surface area contributed by atoms with Crippen LogP contribution in [0.2, 0.25) is 0 Å². The summed E-state index contributed by atoms with van der Waals surface area (Å²) in [5, 5.41) is 12.2. The summed E-state index contributed by atoms with van der Waals surface area (Å²) in [7, 11) is 1.83. The maximum absolute atomic E-state index is 14.0. The van der Waals surface area contributed by atoms with Gasteiger partial charge in [-0.3, -0.25) is 14.8 Å². The average molecular weight is 453 g/mol. The molecule has 0 aliphatic carbocycles. The number of hydrogen-bond acceptors (Lipinski definition) is 4. The molecule has 5 aromatic rings. The predicted octanol–water partition coefficient (Wildman–Crippen LogP) is 5.12. The third-order valence-electron chi connectivity index (χ3n) is 5.59. The van der Waals surface area contributed by atoms with Crippen molar-refractivity contribution in [3.05, 3.63) is 57.8 Å². The standard InChI is InChI=1S/C21H10BrFN2O4/c1-24-12-4-2-8(22)6-10(12)14-16-17(21(27)25(28)20(16)26)15-11-7-9(23)3-5-13(11)29-19(15)18(14)24/h2-7,28H,1H3. The van der Waals surface area contributed by atoms with Crippen molar-refractivity contribution in [3.63, 3.8) is 0 Å². The predicted molar refractivity (Wildman–Crippen MR) is 108 cm³/mol. The third kappa shape index (κ3) is 1.87. The number of hydroxylamine groups is 2. The molecule has 6 nitrogen and oxygen atoms in total. The van der Waals surface area contributed by atoms with E-state index in [-0.39, 0.29) is 16.2 Å². The molecule has 1 aliphatic rings. The largest absolute Gasteiger partial charge is 0.454 e. The van der Waals surface area contributed by atoms with Crippen LogP contribution in [-0.4, -0.2) is 26.7 Å². The lowest BCUT2D eigenvalue weighted by Gasteiger charge is -2.03. The first-order valence-electron chi connectivity index (χ1n) is 8.71. The number of aryl methyl sites for hydroxylation is 1. The first-order valence-corrected chi connectivity index (χ1v) is 9.51. The number of imide groups is 1. The Bertz CT molecular complexity index is 1600. The fourth-order valence-electron chi connectivity index (χ4n) is 4.40. The number of fused-ring (bicyclic) bond motifs is 10. The molecule has 0 atom stereocenters. The highest BCUT2D eigenvalue weighted by atomic mass is 79.9. The fraction of sp³-hybridized carbons (Fsp3) is 0.0476. The number of aromatic nitrogens is 1. The van der Waals surface area contributed by atoms with E-state index < -0.39 is 17.6 Å². The minimum Gasteiger partial charge on any atom is -0.454 e. The smallest absolute Gasteiger partial charge is 0.286 e. The van der Waals surface area contributed by atoms with Crippen LogP contribution in [0.25, 0.3) is 43.7 Å². The van der Waals surface area contributed by atoms with Crippen molar-refractivity contribution >= 4 is 71.5 Å². The summed E-state index contributed by atoms with van der Waals surface area (Å²) >= 11 is 3.45. The molecule has 6 rings (SSSR count). The van der Waals surface area contributed by atoms with Crippen molar-refractivity contribution in [2.24, 2.45) is 7.05 Å². The molecule has 2 amide bonds. The van der Waals surface area contributed by atoms with Crippen LogP contribution >= 0.6 is 15.9 Å². The number of carbonyl (C=O) groups excluding carboxylic acids is 2. The zero-order chi connectivity index (χ0) is 20.2. The van der Waals surface area contributed by atoms with Crippen molar-refractivity contribution in [3.8, 4) is 0 Å². The second-order valence-corrected chi connectivity index (χ2v) is 7.98. The van der Waals surface area contributed by atoms with Crippen LogP contribution in [0, 0.1) is 5.82 Å². The van der Waals surface area contributed by atoms with Crippen molar-refractivity contribution in [2.45, 2.75) is 0 Å². The lowest BCUT2D eigenvalue weighted by atomic mass is 9.97. The number of amides is 2. The van der Waals surface area contributed by atoms with E-state index in [1.165, 1.54) is 18.2 Å². The average Bonchev–Trinajstić information content (AvgIpc) is 3.27. The zero-order valence-corrected chi connectivity index (χ0v) is 16.4. The summed E-state index contributed by atoms with van der Waals surface area (Å²) in [6.07, 6.45) is 0. The monoisotopic (exact) mass is 452 g/mol. The van der Waals surface area contributed by atoms with Crippen LogP contribution in [0.5, 0.6) is 0 Å². The number of furan rings is 1. The van der Waals surface area contributed by atoms with Crippen LogP contribution in [0.1, 0.15) is 20.7 Å². The number of rotatable bonds is 0. The fourth-order valence-corrected chi connectivity index (χ4v) is 4.76. The molecule has 0 spiro atoms. The van der Waals surface area contributed by atoms with Gasteiger partial charge >= 0.3 is 0 Å². The first-order chi connectivity index (χ1) is 13.9. The molecule has 8 heteroatoms. The number of halogens is 2. The Morgan fingerprint density at radius 2 is 1.72 bits per heavy atom. The van der Waals surface area contributed by atoms with Gasteiger partial charge < -0.3 is 8.98 Å². The Morgan fingerprint density at radius 1 is 1.00 bits per heavy atom. The van der Waals surface area contributed by atoms with E-state index in [0.29, 0.717) is 32.8 Å². The Hall–Kier alpha value is -3.23. The van der Waals surface area contributed by atoms with Crippen LogP contribution < -0.4 is 0 Å². The van der Waals surface area contributed by atoms with E-state index in [4.69, 9.17) is 4.42 Å². The molecule has 0 saturated heterocycles. The molecular formula is C21H10BrFN2O4. The maximum atomic E-state index is 14.0. The van der Waals surface area contributed by atoms with E-state index in [2.05, 4.69) is 15.9 Å². The Labute approximate surface area is 169 Å². The molecular weight excluding hydrogens is 443 g/mol. The van der Waals surface area contributed by atoms with Crippen molar-refractivity contribution < 1.29 is 23.6 Å². The minimum atomic E-state index is -0.851. The highest BCUT2D eigenvalue weighted by molar-refractivity contribution is 9.10. The maximum Gasteiger partial charge on any atom is 0.286 e. The zero-order valence-electron chi connectivity index (χ0n) is 14.8. The van der Waals surface area contributed by atoms with E-state index in [1.54, 1.807) is 0 Å². The Kier molecular flexibility index (Phi) is 3.01. The number of carbonyl (C=O) groups is 2. The first kappa shape index (κ1) is 16.7. The summed E-state index contributed by atoms with van der Waals surface area (Å²) in [5.74, 6) is -2.15. The summed E-state index contributed by atoms with van der Waals surface area (Å²) in [6, 6.07) is 9.64. The van der Waals surface area contributed by atoms with Gasteiger partial charge in [0.25, 0.3) is 11.8 Å². The Balaban J connectivity index is 2.02. The van der Waals surface area contributed by atoms with Gasteiger partial charge in [-0.15, -0.1) is 5.06 Å². The third-order valence-corrected chi connectivity index (χ3v) is 6.08. The lowest BCUT2D eigenvalue weighted by Crippen LogP contribution is -2.25. The molecule has 0 radical (unpaired) electrons. The van der Waals surface area contributed by atoms with Crippen LogP contribution in [0.4, 0.5) is 4.39 Å². The molecule has 0 saturated carbocycles. The Morgan fingerprint density at radius 3 is 2.48 bits per heavy atom. The normalized spacial score (nSPS) is 14.3. The van der Waals surface area contributed by atoms with Gasteiger partial charge in [0, 0.05) is 38.6 Å². The highest BCUT2D eigenvalue weighted by Crippen LogP contribution is 2.46. The summed E-state index contributed by atoms with van der Waals surface area (Å²) in [4.78, 5) is 25.7. The van der Waals surface area contributed by atoms with Gasteiger partial charge in [-0.05, 0) is 36.4 Å². The second kappa shape index (κ2) is 5.22. The molecule has 2 aromatic heterocycles. The van der Waals surface area contributed by atoms with E-state index in [0.717, 1.165) is 15.4 Å². The summed E-state index contributed by atoms with van der Waals surface area (Å²) in [6.45, 7) is 0. The molecule has 142 valence electrons. The molecule has 29 heavy (non-hydrogen) atoms. The van der Waals surface area contributed by atoms with Crippen molar-refractivity contribution in [2.75, 3.05) is 0 Å². The van der Waals surface area contributed by atoms with Gasteiger partial charge in [-0.1, -0.05) is 15.9 Å². The molecule has 3 heterocycles. The number of hydrogen-bond donors (Lipinski definition) is 1. The van der Waals surface area contributed by atoms with Crippen molar-refractivity contribution in [1.82, 2.24) is 9.63 Å². The molecule has 1 aliphatic heterocycles.